The Labute approximate surface area is 107 Å². The summed E-state index contributed by atoms with van der Waals surface area (Å²) in [5.41, 5.74) is 1.37. The summed E-state index contributed by atoms with van der Waals surface area (Å²) in [7, 11) is -3.25. The van der Waals surface area contributed by atoms with E-state index in [2.05, 4.69) is 9.82 Å². The van der Waals surface area contributed by atoms with Crippen LogP contribution in [0, 0.1) is 0 Å². The van der Waals surface area contributed by atoms with Gasteiger partial charge < -0.3 is 0 Å². The van der Waals surface area contributed by atoms with E-state index >= 15 is 0 Å². The maximum absolute atomic E-state index is 11.7. The summed E-state index contributed by atoms with van der Waals surface area (Å²) in [4.78, 5) is 0. The van der Waals surface area contributed by atoms with Crippen molar-refractivity contribution < 1.29 is 8.42 Å². The van der Waals surface area contributed by atoms with Gasteiger partial charge in [-0.05, 0) is 30.7 Å². The van der Waals surface area contributed by atoms with Crippen molar-refractivity contribution in [1.29, 1.82) is 0 Å². The summed E-state index contributed by atoms with van der Waals surface area (Å²) in [5.74, 6) is 0.124. The van der Waals surface area contributed by atoms with Crippen molar-refractivity contribution in [3.05, 3.63) is 42.7 Å². The Morgan fingerprint density at radius 2 is 2.17 bits per heavy atom. The van der Waals surface area contributed by atoms with Gasteiger partial charge in [0.15, 0.2) is 0 Å². The van der Waals surface area contributed by atoms with Gasteiger partial charge in [0.05, 0.1) is 17.1 Å². The van der Waals surface area contributed by atoms with Crippen LogP contribution in [-0.2, 0) is 10.0 Å². The van der Waals surface area contributed by atoms with Gasteiger partial charge in [0.1, 0.15) is 0 Å². The molecule has 0 radical (unpaired) electrons. The summed E-state index contributed by atoms with van der Waals surface area (Å²) < 4.78 is 27.6. The Bertz CT molecular complexity index is 606. The monoisotopic (exact) mass is 265 g/mol. The number of sulfonamides is 1. The number of hydrogen-bond donors (Lipinski definition) is 1. The smallest absolute Gasteiger partial charge is 0.232 e. The van der Waals surface area contributed by atoms with Gasteiger partial charge in [-0.15, -0.1) is 0 Å². The number of rotatable bonds is 5. The quantitative estimate of drug-likeness (QED) is 0.899. The molecule has 0 atom stereocenters. The Kier molecular flexibility index (Phi) is 3.66. The molecular weight excluding hydrogens is 250 g/mol. The standard InChI is InChI=1S/C12H15N3O2S/c1-2-9-18(16,17)14-11-5-3-6-12(10-11)15-8-4-7-13-15/h3-8,10,14H,2,9H2,1H3. The molecule has 1 heterocycles. The molecule has 5 nitrogen and oxygen atoms in total. The molecular formula is C12H15N3O2S. The molecule has 0 fully saturated rings. The van der Waals surface area contributed by atoms with Gasteiger partial charge in [-0.1, -0.05) is 13.0 Å². The molecule has 0 spiro atoms. The molecule has 1 aromatic heterocycles. The first-order valence-electron chi connectivity index (χ1n) is 5.71. The molecule has 0 unspecified atom stereocenters. The van der Waals surface area contributed by atoms with Gasteiger partial charge in [-0.25, -0.2) is 13.1 Å². The highest BCUT2D eigenvalue weighted by Crippen LogP contribution is 2.15. The lowest BCUT2D eigenvalue weighted by atomic mass is 10.3. The summed E-state index contributed by atoms with van der Waals surface area (Å²) in [5, 5.41) is 4.10. The fourth-order valence-electron chi connectivity index (χ4n) is 1.63. The fraction of sp³-hybridized carbons (Fsp3) is 0.250. The predicted octanol–water partition coefficient (Wildman–Crippen LogP) is 2.02. The lowest BCUT2D eigenvalue weighted by molar-refractivity contribution is 0.600. The van der Waals surface area contributed by atoms with E-state index in [-0.39, 0.29) is 5.75 Å². The Morgan fingerprint density at radius 3 is 2.83 bits per heavy atom. The third-order valence-electron chi connectivity index (χ3n) is 2.36. The summed E-state index contributed by atoms with van der Waals surface area (Å²) in [6, 6.07) is 8.94. The van der Waals surface area contributed by atoms with Crippen LogP contribution in [-0.4, -0.2) is 24.0 Å². The average molecular weight is 265 g/mol. The number of nitrogens with one attached hydrogen (secondary N) is 1. The van der Waals surface area contributed by atoms with Crippen LogP contribution in [0.25, 0.3) is 5.69 Å². The van der Waals surface area contributed by atoms with Crippen LogP contribution in [0.1, 0.15) is 13.3 Å². The lowest BCUT2D eigenvalue weighted by Crippen LogP contribution is -2.16. The molecule has 1 N–H and O–H groups in total. The predicted molar refractivity (Wildman–Crippen MR) is 71.3 cm³/mol. The highest BCUT2D eigenvalue weighted by molar-refractivity contribution is 7.92. The van der Waals surface area contributed by atoms with Crippen molar-refractivity contribution in [1.82, 2.24) is 9.78 Å². The third-order valence-corrected chi connectivity index (χ3v) is 3.85. The van der Waals surface area contributed by atoms with Gasteiger partial charge in [0.25, 0.3) is 0 Å². The molecule has 0 bridgehead atoms. The molecule has 0 amide bonds. The van der Waals surface area contributed by atoms with Crippen LogP contribution in [0.4, 0.5) is 5.69 Å². The SMILES string of the molecule is CCCS(=O)(=O)Nc1cccc(-n2cccn2)c1. The number of aromatic nitrogens is 2. The Hall–Kier alpha value is -1.82. The molecule has 0 saturated heterocycles. The molecule has 6 heteroatoms. The van der Waals surface area contributed by atoms with Gasteiger partial charge in [0, 0.05) is 12.4 Å². The minimum absolute atomic E-state index is 0.124. The van der Waals surface area contributed by atoms with Crippen molar-refractivity contribution in [2.75, 3.05) is 10.5 Å². The first-order valence-corrected chi connectivity index (χ1v) is 7.36. The molecule has 2 rings (SSSR count). The summed E-state index contributed by atoms with van der Waals surface area (Å²) >= 11 is 0. The molecule has 96 valence electrons. The summed E-state index contributed by atoms with van der Waals surface area (Å²) in [6.45, 7) is 1.83. The minimum atomic E-state index is -3.25. The first kappa shape index (κ1) is 12.6. The van der Waals surface area contributed by atoms with E-state index in [0.717, 1.165) is 5.69 Å². The van der Waals surface area contributed by atoms with E-state index in [0.29, 0.717) is 12.1 Å². The second-order valence-corrected chi connectivity index (χ2v) is 5.76. The van der Waals surface area contributed by atoms with Gasteiger partial charge in [0.2, 0.25) is 10.0 Å². The van der Waals surface area contributed by atoms with E-state index < -0.39 is 10.0 Å². The third kappa shape index (κ3) is 3.10. The van der Waals surface area contributed by atoms with Crippen molar-refractivity contribution in [3.63, 3.8) is 0 Å². The zero-order valence-electron chi connectivity index (χ0n) is 10.1. The molecule has 0 aliphatic carbocycles. The van der Waals surface area contributed by atoms with Crippen LogP contribution >= 0.6 is 0 Å². The first-order chi connectivity index (χ1) is 8.61. The highest BCUT2D eigenvalue weighted by Gasteiger charge is 2.09. The maximum atomic E-state index is 11.7. The van der Waals surface area contributed by atoms with E-state index in [4.69, 9.17) is 0 Å². The van der Waals surface area contributed by atoms with Crippen LogP contribution in [0.3, 0.4) is 0 Å². The molecule has 0 aliphatic heterocycles. The zero-order valence-corrected chi connectivity index (χ0v) is 10.9. The second kappa shape index (κ2) is 5.22. The van der Waals surface area contributed by atoms with E-state index in [1.165, 1.54) is 0 Å². The number of anilines is 1. The zero-order chi connectivity index (χ0) is 13.0. The van der Waals surface area contributed by atoms with E-state index in [9.17, 15) is 8.42 Å². The largest absolute Gasteiger partial charge is 0.283 e. The highest BCUT2D eigenvalue weighted by atomic mass is 32.2. The van der Waals surface area contributed by atoms with Crippen molar-refractivity contribution in [2.24, 2.45) is 0 Å². The normalized spacial score (nSPS) is 11.4. The van der Waals surface area contributed by atoms with Gasteiger partial charge in [-0.2, -0.15) is 5.10 Å². The maximum Gasteiger partial charge on any atom is 0.232 e. The topological polar surface area (TPSA) is 64.0 Å². The number of nitrogens with zero attached hydrogens (tertiary/aromatic N) is 2. The van der Waals surface area contributed by atoms with Crippen LogP contribution in [0.2, 0.25) is 0 Å². The van der Waals surface area contributed by atoms with Crippen molar-refractivity contribution in [3.8, 4) is 5.69 Å². The minimum Gasteiger partial charge on any atom is -0.283 e. The van der Waals surface area contributed by atoms with Crippen LogP contribution < -0.4 is 4.72 Å². The van der Waals surface area contributed by atoms with Crippen LogP contribution in [0.15, 0.2) is 42.7 Å². The number of benzene rings is 1. The van der Waals surface area contributed by atoms with Crippen molar-refractivity contribution in [2.45, 2.75) is 13.3 Å². The molecule has 18 heavy (non-hydrogen) atoms. The Morgan fingerprint density at radius 1 is 1.33 bits per heavy atom. The van der Waals surface area contributed by atoms with Crippen molar-refractivity contribution >= 4 is 15.7 Å². The average Bonchev–Trinajstić information content (AvgIpc) is 2.81. The van der Waals surface area contributed by atoms with Crippen LogP contribution in [0.5, 0.6) is 0 Å². The molecule has 0 aliphatic rings. The Balaban J connectivity index is 2.23. The molecule has 2 aromatic rings. The van der Waals surface area contributed by atoms with Gasteiger partial charge >= 0.3 is 0 Å². The number of hydrogen-bond acceptors (Lipinski definition) is 3. The second-order valence-electron chi connectivity index (χ2n) is 3.92. The lowest BCUT2D eigenvalue weighted by Gasteiger charge is -2.08. The molecule has 1 aromatic carbocycles. The summed E-state index contributed by atoms with van der Waals surface area (Å²) in [6.07, 6.45) is 4.07. The fourth-order valence-corrected chi connectivity index (χ4v) is 2.76. The van der Waals surface area contributed by atoms with Gasteiger partial charge in [-0.3, -0.25) is 4.72 Å². The molecule has 0 saturated carbocycles. The van der Waals surface area contributed by atoms with E-state index in [1.807, 2.05) is 19.1 Å². The van der Waals surface area contributed by atoms with E-state index in [1.54, 1.807) is 35.3 Å².